The van der Waals surface area contributed by atoms with Crippen molar-refractivity contribution in [2.75, 3.05) is 29.5 Å². The summed E-state index contributed by atoms with van der Waals surface area (Å²) < 4.78 is 0. The maximum atomic E-state index is 11.0. The van der Waals surface area contributed by atoms with Gasteiger partial charge in [-0.2, -0.15) is 4.98 Å². The smallest absolute Gasteiger partial charge is 0.335 e. The first-order valence-corrected chi connectivity index (χ1v) is 8.49. The first kappa shape index (κ1) is 17.0. The number of hydrogen-bond donors (Lipinski definition) is 3. The molecule has 1 aliphatic rings. The molecule has 1 aliphatic carbocycles. The minimum atomic E-state index is -0.910. The summed E-state index contributed by atoms with van der Waals surface area (Å²) in [6.45, 7) is 3.79. The van der Waals surface area contributed by atoms with Crippen molar-refractivity contribution in [3.8, 4) is 0 Å². The van der Waals surface area contributed by atoms with Gasteiger partial charge in [-0.05, 0) is 56.4 Å². The lowest BCUT2D eigenvalue weighted by molar-refractivity contribution is 0.0697. The molecule has 3 rings (SSSR count). The predicted octanol–water partition coefficient (Wildman–Crippen LogP) is 2.29. The summed E-state index contributed by atoms with van der Waals surface area (Å²) in [6, 6.07) is 6.99. The quantitative estimate of drug-likeness (QED) is 0.737. The molecule has 0 fully saturated rings. The third-order valence-electron chi connectivity index (χ3n) is 4.82. The summed E-state index contributed by atoms with van der Waals surface area (Å²) in [5.41, 5.74) is 15.1. The number of fused-ring (bicyclic) bond motifs is 1. The largest absolute Gasteiger partial charge is 0.478 e. The summed E-state index contributed by atoms with van der Waals surface area (Å²) in [5, 5.41) is 9.01. The van der Waals surface area contributed by atoms with Gasteiger partial charge >= 0.3 is 5.97 Å². The molecule has 1 unspecified atom stereocenters. The Morgan fingerprint density at radius 2 is 2.00 bits per heavy atom. The number of nitrogen functional groups attached to an aromatic ring is 2. The van der Waals surface area contributed by atoms with E-state index in [-0.39, 0.29) is 5.95 Å². The zero-order valence-corrected chi connectivity index (χ0v) is 14.3. The molecule has 132 valence electrons. The molecule has 25 heavy (non-hydrogen) atoms. The number of carbonyl (C=O) groups is 1. The van der Waals surface area contributed by atoms with E-state index in [4.69, 9.17) is 16.6 Å². The van der Waals surface area contributed by atoms with E-state index < -0.39 is 5.97 Å². The van der Waals surface area contributed by atoms with Crippen molar-refractivity contribution in [1.29, 1.82) is 0 Å². The van der Waals surface area contributed by atoms with Gasteiger partial charge in [-0.15, -0.1) is 0 Å². The molecule has 1 aromatic carbocycles. The van der Waals surface area contributed by atoms with Crippen molar-refractivity contribution in [1.82, 2.24) is 9.97 Å². The first-order chi connectivity index (χ1) is 12.0. The van der Waals surface area contributed by atoms with Crippen molar-refractivity contribution >= 4 is 23.4 Å². The van der Waals surface area contributed by atoms with Crippen LogP contribution in [0.3, 0.4) is 0 Å². The van der Waals surface area contributed by atoms with E-state index in [9.17, 15) is 4.79 Å². The third kappa shape index (κ3) is 3.50. The van der Waals surface area contributed by atoms with Crippen LogP contribution in [0.5, 0.6) is 0 Å². The summed E-state index contributed by atoms with van der Waals surface area (Å²) in [5.74, 6) is 0.166. The molecule has 0 spiro atoms. The Morgan fingerprint density at radius 1 is 1.28 bits per heavy atom. The number of nitrogens with two attached hydrogens (primary N) is 2. The van der Waals surface area contributed by atoms with Gasteiger partial charge in [0.2, 0.25) is 5.95 Å². The van der Waals surface area contributed by atoms with Crippen LogP contribution in [0.2, 0.25) is 0 Å². The van der Waals surface area contributed by atoms with Crippen LogP contribution in [-0.4, -0.2) is 34.1 Å². The number of rotatable bonds is 6. The Kier molecular flexibility index (Phi) is 4.74. The highest BCUT2D eigenvalue weighted by Crippen LogP contribution is 2.38. The fraction of sp³-hybridized carbons (Fsp3) is 0.389. The van der Waals surface area contributed by atoms with Crippen LogP contribution < -0.4 is 16.4 Å². The molecule has 2 aromatic rings. The lowest BCUT2D eigenvalue weighted by Gasteiger charge is -2.25. The van der Waals surface area contributed by atoms with Gasteiger partial charge in [0.05, 0.1) is 11.3 Å². The summed E-state index contributed by atoms with van der Waals surface area (Å²) in [4.78, 5) is 21.6. The number of aryl methyl sites for hydroxylation is 1. The van der Waals surface area contributed by atoms with Crippen molar-refractivity contribution in [3.05, 3.63) is 41.1 Å². The number of anilines is 3. The Hall–Kier alpha value is -2.83. The molecule has 7 heteroatoms. The van der Waals surface area contributed by atoms with Crippen LogP contribution in [0.25, 0.3) is 0 Å². The molecule has 7 nitrogen and oxygen atoms in total. The van der Waals surface area contributed by atoms with Gasteiger partial charge < -0.3 is 21.5 Å². The molecular weight excluding hydrogens is 318 g/mol. The fourth-order valence-electron chi connectivity index (χ4n) is 3.53. The van der Waals surface area contributed by atoms with E-state index in [0.29, 0.717) is 17.3 Å². The number of aromatic nitrogens is 2. The van der Waals surface area contributed by atoms with Gasteiger partial charge in [0.1, 0.15) is 5.82 Å². The molecule has 5 N–H and O–H groups in total. The van der Waals surface area contributed by atoms with Gasteiger partial charge in [-0.1, -0.05) is 0 Å². The van der Waals surface area contributed by atoms with Gasteiger partial charge in [-0.25, -0.2) is 9.78 Å². The molecule has 1 heterocycles. The third-order valence-corrected chi connectivity index (χ3v) is 4.82. The number of hydrogen-bond acceptors (Lipinski definition) is 6. The highest BCUT2D eigenvalue weighted by atomic mass is 16.4. The lowest BCUT2D eigenvalue weighted by Crippen LogP contribution is -2.25. The molecule has 0 saturated carbocycles. The number of carboxylic acid groups (broad SMARTS) is 1. The average molecular weight is 341 g/mol. The number of benzene rings is 1. The Labute approximate surface area is 146 Å². The highest BCUT2D eigenvalue weighted by Gasteiger charge is 2.27. The van der Waals surface area contributed by atoms with Crippen LogP contribution in [0.15, 0.2) is 24.3 Å². The molecule has 0 radical (unpaired) electrons. The van der Waals surface area contributed by atoms with Crippen LogP contribution in [0, 0.1) is 0 Å². The predicted molar refractivity (Wildman–Crippen MR) is 97.8 cm³/mol. The second kappa shape index (κ2) is 6.96. The second-order valence-corrected chi connectivity index (χ2v) is 6.28. The zero-order chi connectivity index (χ0) is 18.0. The maximum Gasteiger partial charge on any atom is 0.335 e. The van der Waals surface area contributed by atoms with Crippen LogP contribution in [-0.2, 0) is 6.42 Å². The van der Waals surface area contributed by atoms with Gasteiger partial charge in [-0.3, -0.25) is 0 Å². The van der Waals surface area contributed by atoms with Crippen molar-refractivity contribution in [3.63, 3.8) is 0 Å². The minimum Gasteiger partial charge on any atom is -0.478 e. The van der Waals surface area contributed by atoms with Gasteiger partial charge in [0.25, 0.3) is 0 Å². The standard InChI is InChI=1S/C18H23N5O2/c1-2-23(13-6-3-12(4-7-13)17(24)25)10-9-11-5-8-14-15(11)16(19)22-18(20)21-14/h3-4,6-7,11H,2,5,8-10H2,1H3,(H,24,25)(H4,19,20,21,22). The molecule has 1 aromatic heterocycles. The topological polar surface area (TPSA) is 118 Å². The van der Waals surface area contributed by atoms with E-state index in [0.717, 1.165) is 49.3 Å². The maximum absolute atomic E-state index is 11.0. The molecule has 1 atom stereocenters. The first-order valence-electron chi connectivity index (χ1n) is 8.49. The van der Waals surface area contributed by atoms with E-state index >= 15 is 0 Å². The van der Waals surface area contributed by atoms with E-state index in [1.54, 1.807) is 12.1 Å². The van der Waals surface area contributed by atoms with E-state index in [1.807, 2.05) is 12.1 Å². The molecule has 0 bridgehead atoms. The van der Waals surface area contributed by atoms with Crippen LogP contribution in [0.1, 0.15) is 47.3 Å². The fourth-order valence-corrected chi connectivity index (χ4v) is 3.53. The SMILES string of the molecule is CCN(CCC1CCc2nc(N)nc(N)c21)c1ccc(C(=O)O)cc1. The summed E-state index contributed by atoms with van der Waals surface area (Å²) in [6.07, 6.45) is 2.84. The number of nitrogens with zero attached hydrogens (tertiary/aromatic N) is 3. The molecular formula is C18H23N5O2. The van der Waals surface area contributed by atoms with Gasteiger partial charge in [0.15, 0.2) is 0 Å². The highest BCUT2D eigenvalue weighted by molar-refractivity contribution is 5.88. The second-order valence-electron chi connectivity index (χ2n) is 6.28. The molecule has 0 aliphatic heterocycles. The van der Waals surface area contributed by atoms with Crippen LogP contribution in [0.4, 0.5) is 17.5 Å². The van der Waals surface area contributed by atoms with Crippen LogP contribution >= 0.6 is 0 Å². The van der Waals surface area contributed by atoms with Crippen molar-refractivity contribution < 1.29 is 9.90 Å². The van der Waals surface area contributed by atoms with Crippen molar-refractivity contribution in [2.24, 2.45) is 0 Å². The summed E-state index contributed by atoms with van der Waals surface area (Å²) in [7, 11) is 0. The van der Waals surface area contributed by atoms with Crippen molar-refractivity contribution in [2.45, 2.75) is 32.1 Å². The normalized spacial score (nSPS) is 15.8. The summed E-state index contributed by atoms with van der Waals surface area (Å²) >= 11 is 0. The number of carboxylic acids is 1. The lowest BCUT2D eigenvalue weighted by atomic mass is 9.98. The Bertz CT molecular complexity index is 776. The molecule has 0 saturated heterocycles. The van der Waals surface area contributed by atoms with E-state index in [2.05, 4.69) is 21.8 Å². The van der Waals surface area contributed by atoms with Gasteiger partial charge in [0, 0.05) is 24.3 Å². The van der Waals surface area contributed by atoms with E-state index in [1.165, 1.54) is 0 Å². The zero-order valence-electron chi connectivity index (χ0n) is 14.3. The molecule has 0 amide bonds. The average Bonchev–Trinajstić information content (AvgIpc) is 2.99. The Balaban J connectivity index is 1.70. The number of aromatic carboxylic acids is 1. The monoisotopic (exact) mass is 341 g/mol. The Morgan fingerprint density at radius 3 is 2.64 bits per heavy atom. The minimum absolute atomic E-state index is 0.241.